The van der Waals surface area contributed by atoms with Crippen LogP contribution in [0.4, 0.5) is 0 Å². The molecule has 2 atom stereocenters. The maximum Gasteiger partial charge on any atom is 0.247 e. The van der Waals surface area contributed by atoms with Crippen molar-refractivity contribution in [2.24, 2.45) is 5.92 Å². The lowest BCUT2D eigenvalue weighted by molar-refractivity contribution is -0.140. The molecule has 1 saturated heterocycles. The molecule has 0 aromatic heterocycles. The molecule has 96 valence electrons. The molecule has 2 aliphatic rings. The summed E-state index contributed by atoms with van der Waals surface area (Å²) < 4.78 is 0. The third-order valence-electron chi connectivity index (χ3n) is 3.57. The zero-order chi connectivity index (χ0) is 12.6. The molecule has 17 heavy (non-hydrogen) atoms. The minimum atomic E-state index is -0.293. The molecule has 4 heteroatoms. The zero-order valence-corrected chi connectivity index (χ0v) is 10.9. The maximum absolute atomic E-state index is 12.0. The number of nitrogens with zero attached hydrogens (tertiary/aromatic N) is 1. The Labute approximate surface area is 103 Å². The van der Waals surface area contributed by atoms with Gasteiger partial charge in [-0.2, -0.15) is 0 Å². The molecule has 0 aromatic carbocycles. The topological polar surface area (TPSA) is 49.4 Å². The Morgan fingerprint density at radius 1 is 1.29 bits per heavy atom. The molecule has 2 fully saturated rings. The lowest BCUT2D eigenvalue weighted by Crippen LogP contribution is -2.44. The van der Waals surface area contributed by atoms with E-state index < -0.39 is 0 Å². The van der Waals surface area contributed by atoms with E-state index in [4.69, 9.17) is 0 Å². The zero-order valence-electron chi connectivity index (χ0n) is 10.9. The van der Waals surface area contributed by atoms with Crippen LogP contribution < -0.4 is 5.32 Å². The molecule has 2 amide bonds. The van der Waals surface area contributed by atoms with Crippen molar-refractivity contribution in [1.82, 2.24) is 10.2 Å². The Morgan fingerprint density at radius 2 is 1.94 bits per heavy atom. The Morgan fingerprint density at radius 3 is 2.41 bits per heavy atom. The average Bonchev–Trinajstić information content (AvgIpc) is 2.95. The van der Waals surface area contributed by atoms with Crippen LogP contribution in [0.3, 0.4) is 0 Å². The monoisotopic (exact) mass is 238 g/mol. The second kappa shape index (κ2) is 4.77. The van der Waals surface area contributed by atoms with Crippen LogP contribution >= 0.6 is 0 Å². The highest BCUT2D eigenvalue weighted by Crippen LogP contribution is 2.33. The number of hydrogen-bond donors (Lipinski definition) is 1. The van der Waals surface area contributed by atoms with Crippen molar-refractivity contribution in [3.63, 3.8) is 0 Å². The fourth-order valence-electron chi connectivity index (χ4n) is 2.59. The Hall–Kier alpha value is -0.900. The van der Waals surface area contributed by atoms with Gasteiger partial charge in [-0.15, -0.1) is 0 Å². The van der Waals surface area contributed by atoms with E-state index in [0.29, 0.717) is 12.5 Å². The van der Waals surface area contributed by atoms with Crippen molar-refractivity contribution in [3.8, 4) is 0 Å². The Kier molecular flexibility index (Phi) is 3.52. The predicted octanol–water partition coefficient (Wildman–Crippen LogP) is 1.30. The normalized spacial score (nSPS) is 27.1. The summed E-state index contributed by atoms with van der Waals surface area (Å²) in [6.45, 7) is 5.87. The van der Waals surface area contributed by atoms with Crippen LogP contribution in [0.1, 0.15) is 46.5 Å². The van der Waals surface area contributed by atoms with E-state index >= 15 is 0 Å². The highest BCUT2D eigenvalue weighted by molar-refractivity contribution is 6.05. The highest BCUT2D eigenvalue weighted by Gasteiger charge is 2.40. The molecule has 1 heterocycles. The van der Waals surface area contributed by atoms with Crippen molar-refractivity contribution in [2.75, 3.05) is 0 Å². The van der Waals surface area contributed by atoms with Crippen molar-refractivity contribution in [3.05, 3.63) is 0 Å². The van der Waals surface area contributed by atoms with Gasteiger partial charge in [0.2, 0.25) is 11.8 Å². The van der Waals surface area contributed by atoms with E-state index in [1.54, 1.807) is 0 Å². The molecule has 2 rings (SSSR count). The molecule has 1 saturated carbocycles. The van der Waals surface area contributed by atoms with E-state index in [1.165, 1.54) is 17.7 Å². The van der Waals surface area contributed by atoms with Crippen LogP contribution in [0.5, 0.6) is 0 Å². The fraction of sp³-hybridized carbons (Fsp3) is 0.846. The van der Waals surface area contributed by atoms with E-state index in [1.807, 2.05) is 13.8 Å². The second-order valence-electron chi connectivity index (χ2n) is 5.70. The van der Waals surface area contributed by atoms with E-state index in [2.05, 4.69) is 12.2 Å². The summed E-state index contributed by atoms with van der Waals surface area (Å²) >= 11 is 0. The predicted molar refractivity (Wildman–Crippen MR) is 65.3 cm³/mol. The maximum atomic E-state index is 12.0. The van der Waals surface area contributed by atoms with Gasteiger partial charge < -0.3 is 5.32 Å². The van der Waals surface area contributed by atoms with Crippen LogP contribution in [-0.4, -0.2) is 34.8 Å². The number of carbonyl (C=O) groups excluding carboxylic acids is 2. The first-order chi connectivity index (χ1) is 7.99. The summed E-state index contributed by atoms with van der Waals surface area (Å²) in [7, 11) is 0. The summed E-state index contributed by atoms with van der Waals surface area (Å²) in [5.74, 6) is 0.750. The molecule has 1 aliphatic carbocycles. The van der Waals surface area contributed by atoms with Gasteiger partial charge in [-0.05, 0) is 33.1 Å². The Bertz CT molecular complexity index is 323. The van der Waals surface area contributed by atoms with Gasteiger partial charge >= 0.3 is 0 Å². The number of carbonyl (C=O) groups is 2. The number of likely N-dealkylation sites (tertiary alicyclic amines) is 1. The van der Waals surface area contributed by atoms with Gasteiger partial charge in [0.15, 0.2) is 0 Å². The van der Waals surface area contributed by atoms with Crippen LogP contribution in [-0.2, 0) is 9.59 Å². The average molecular weight is 238 g/mol. The summed E-state index contributed by atoms with van der Waals surface area (Å²) in [5, 5.41) is 3.30. The molecule has 0 radical (unpaired) electrons. The number of amides is 2. The van der Waals surface area contributed by atoms with Crippen molar-refractivity contribution in [1.29, 1.82) is 0 Å². The number of nitrogens with one attached hydrogen (secondary N) is 1. The molecule has 0 spiro atoms. The Balaban J connectivity index is 1.89. The van der Waals surface area contributed by atoms with Crippen molar-refractivity contribution in [2.45, 2.75) is 64.6 Å². The largest absolute Gasteiger partial charge is 0.303 e. The van der Waals surface area contributed by atoms with Gasteiger partial charge in [-0.1, -0.05) is 12.8 Å². The molecule has 0 aromatic rings. The van der Waals surface area contributed by atoms with Gasteiger partial charge in [0.25, 0.3) is 0 Å². The second-order valence-corrected chi connectivity index (χ2v) is 5.70. The third kappa shape index (κ3) is 2.86. The number of rotatable bonds is 5. The SMILES string of the molecule is CC(CC1CC1)NC1CC(=O)N(C(C)C)C1=O. The summed E-state index contributed by atoms with van der Waals surface area (Å²) in [6, 6.07) is 0.00977. The van der Waals surface area contributed by atoms with E-state index in [9.17, 15) is 9.59 Å². The molecular formula is C13H22N2O2. The van der Waals surface area contributed by atoms with Gasteiger partial charge in [0.1, 0.15) is 0 Å². The fourth-order valence-corrected chi connectivity index (χ4v) is 2.59. The van der Waals surface area contributed by atoms with Crippen molar-refractivity contribution >= 4 is 11.8 Å². The lowest BCUT2D eigenvalue weighted by Gasteiger charge is -2.21. The van der Waals surface area contributed by atoms with Crippen LogP contribution in [0.25, 0.3) is 0 Å². The summed E-state index contributed by atoms with van der Waals surface area (Å²) in [6.07, 6.45) is 4.09. The lowest BCUT2D eigenvalue weighted by atomic mass is 10.1. The molecular weight excluding hydrogens is 216 g/mol. The number of imide groups is 1. The molecule has 0 bridgehead atoms. The molecule has 1 N–H and O–H groups in total. The van der Waals surface area contributed by atoms with Crippen LogP contribution in [0, 0.1) is 5.92 Å². The van der Waals surface area contributed by atoms with Crippen molar-refractivity contribution < 1.29 is 9.59 Å². The number of hydrogen-bond acceptors (Lipinski definition) is 3. The van der Waals surface area contributed by atoms with Crippen LogP contribution in [0.2, 0.25) is 0 Å². The molecule has 1 aliphatic heterocycles. The minimum Gasteiger partial charge on any atom is -0.303 e. The molecule has 2 unspecified atom stereocenters. The van der Waals surface area contributed by atoms with Gasteiger partial charge in [-0.25, -0.2) is 0 Å². The van der Waals surface area contributed by atoms with E-state index in [-0.39, 0.29) is 23.9 Å². The van der Waals surface area contributed by atoms with Gasteiger partial charge in [-0.3, -0.25) is 14.5 Å². The minimum absolute atomic E-state index is 0.0273. The summed E-state index contributed by atoms with van der Waals surface area (Å²) in [4.78, 5) is 25.1. The third-order valence-corrected chi connectivity index (χ3v) is 3.57. The first-order valence-corrected chi connectivity index (χ1v) is 6.61. The van der Waals surface area contributed by atoms with Gasteiger partial charge in [0.05, 0.1) is 12.5 Å². The van der Waals surface area contributed by atoms with Crippen LogP contribution in [0.15, 0.2) is 0 Å². The first kappa shape index (κ1) is 12.6. The smallest absolute Gasteiger partial charge is 0.247 e. The van der Waals surface area contributed by atoms with E-state index in [0.717, 1.165) is 12.3 Å². The highest BCUT2D eigenvalue weighted by atomic mass is 16.2. The summed E-state index contributed by atoms with van der Waals surface area (Å²) in [5.41, 5.74) is 0. The standard InChI is InChI=1S/C13H22N2O2/c1-8(2)15-12(16)7-11(13(15)17)14-9(3)6-10-4-5-10/h8-11,14H,4-7H2,1-3H3. The molecule has 4 nitrogen and oxygen atoms in total. The quantitative estimate of drug-likeness (QED) is 0.734. The first-order valence-electron chi connectivity index (χ1n) is 6.61. The van der Waals surface area contributed by atoms with Gasteiger partial charge in [0, 0.05) is 12.1 Å².